The molecule has 2 aromatic carbocycles. The third kappa shape index (κ3) is 2.41. The van der Waals surface area contributed by atoms with Gasteiger partial charge in [0.2, 0.25) is 0 Å². The second-order valence-corrected chi connectivity index (χ2v) is 5.13. The quantitative estimate of drug-likeness (QED) is 0.597. The highest BCUT2D eigenvalue weighted by molar-refractivity contribution is 6.30. The Bertz CT molecular complexity index is 822. The first kappa shape index (κ1) is 14.1. The van der Waals surface area contributed by atoms with Crippen molar-refractivity contribution in [2.45, 2.75) is 0 Å². The van der Waals surface area contributed by atoms with E-state index in [0.717, 1.165) is 10.5 Å². The van der Waals surface area contributed by atoms with Crippen LogP contribution in [0.1, 0.15) is 26.3 Å². The molecule has 4 heteroatoms. The Balaban J connectivity index is 1.87. The van der Waals surface area contributed by atoms with Crippen molar-refractivity contribution in [1.82, 2.24) is 4.90 Å². The van der Waals surface area contributed by atoms with E-state index in [0.29, 0.717) is 16.1 Å². The van der Waals surface area contributed by atoms with Gasteiger partial charge < -0.3 is 0 Å². The summed E-state index contributed by atoms with van der Waals surface area (Å²) in [5.74, 6) is 4.83. The van der Waals surface area contributed by atoms with Crippen LogP contribution in [0.2, 0.25) is 5.02 Å². The monoisotopic (exact) mass is 307 g/mol. The number of amides is 2. The zero-order valence-corrected chi connectivity index (χ0v) is 12.2. The highest BCUT2D eigenvalue weighted by Gasteiger charge is 2.36. The van der Waals surface area contributed by atoms with Crippen LogP contribution in [-0.2, 0) is 0 Å². The van der Waals surface area contributed by atoms with Crippen molar-refractivity contribution in [2.24, 2.45) is 0 Å². The van der Waals surface area contributed by atoms with Gasteiger partial charge in [0, 0.05) is 10.6 Å². The van der Waals surface area contributed by atoms with E-state index in [1.165, 1.54) is 0 Å². The molecule has 0 radical (unpaired) electrons. The van der Waals surface area contributed by atoms with Gasteiger partial charge >= 0.3 is 0 Å². The predicted molar refractivity (Wildman–Crippen MR) is 84.4 cm³/mol. The van der Waals surface area contributed by atoms with Crippen molar-refractivity contribution in [1.29, 1.82) is 0 Å². The third-order valence-corrected chi connectivity index (χ3v) is 3.51. The zero-order valence-electron chi connectivity index (χ0n) is 11.5. The lowest BCUT2D eigenvalue weighted by Gasteiger charge is -2.11. The Morgan fingerprint density at radius 2 is 1.50 bits per heavy atom. The minimum atomic E-state index is -0.393. The molecule has 1 heterocycles. The molecular formula is C18H10ClNO2. The number of hydrogen-bond acceptors (Lipinski definition) is 2. The Morgan fingerprint density at radius 1 is 0.955 bits per heavy atom. The fourth-order valence-corrected chi connectivity index (χ4v) is 2.29. The Labute approximate surface area is 132 Å². The third-order valence-electron chi connectivity index (χ3n) is 3.26. The molecule has 0 bridgehead atoms. The number of rotatable bonds is 1. The molecule has 2 amide bonds. The first-order chi connectivity index (χ1) is 10.6. The molecule has 3 rings (SSSR count). The number of allylic oxidation sites excluding steroid dienone is 1. The van der Waals surface area contributed by atoms with Crippen molar-refractivity contribution in [3.8, 4) is 11.8 Å². The first-order valence-corrected chi connectivity index (χ1v) is 6.90. The summed E-state index contributed by atoms with van der Waals surface area (Å²) in [5, 5.41) is 0.615. The van der Waals surface area contributed by atoms with Crippen LogP contribution in [-0.4, -0.2) is 16.7 Å². The van der Waals surface area contributed by atoms with Crippen molar-refractivity contribution in [2.75, 3.05) is 0 Å². The average Bonchev–Trinajstić information content (AvgIpc) is 2.79. The van der Waals surface area contributed by atoms with E-state index in [2.05, 4.69) is 18.4 Å². The van der Waals surface area contributed by atoms with Crippen molar-refractivity contribution >= 4 is 23.4 Å². The molecule has 3 nitrogen and oxygen atoms in total. The molecule has 2 aromatic rings. The molecule has 0 unspecified atom stereocenters. The van der Waals surface area contributed by atoms with E-state index >= 15 is 0 Å². The molecule has 0 fully saturated rings. The molecular weight excluding hydrogens is 298 g/mol. The smallest absolute Gasteiger partial charge is 0.266 e. The molecule has 1 aliphatic heterocycles. The van der Waals surface area contributed by atoms with Gasteiger partial charge in [0.15, 0.2) is 0 Å². The van der Waals surface area contributed by atoms with Gasteiger partial charge in [0.25, 0.3) is 11.8 Å². The van der Waals surface area contributed by atoms with Crippen molar-refractivity contribution in [3.05, 3.63) is 82.5 Å². The highest BCUT2D eigenvalue weighted by Crippen LogP contribution is 2.25. The summed E-state index contributed by atoms with van der Waals surface area (Å²) in [6.45, 7) is 3.74. The number of fused-ring (bicyclic) bond motifs is 1. The fraction of sp³-hybridized carbons (Fsp3) is 0. The van der Waals surface area contributed by atoms with Gasteiger partial charge in [-0.3, -0.25) is 9.59 Å². The van der Waals surface area contributed by atoms with Gasteiger partial charge in [-0.05, 0) is 42.3 Å². The van der Waals surface area contributed by atoms with Gasteiger partial charge in [-0.2, -0.15) is 0 Å². The Kier molecular flexibility index (Phi) is 3.54. The van der Waals surface area contributed by atoms with Crippen LogP contribution in [0.15, 0.2) is 60.8 Å². The molecule has 22 heavy (non-hydrogen) atoms. The largest absolute Gasteiger partial charge is 0.268 e. The minimum absolute atomic E-state index is 0.154. The van der Waals surface area contributed by atoms with Gasteiger partial charge in [-0.15, -0.1) is 0 Å². The number of carbonyl (C=O) groups excluding carboxylic acids is 2. The van der Waals surface area contributed by atoms with Crippen LogP contribution in [0, 0.1) is 11.8 Å². The summed E-state index contributed by atoms with van der Waals surface area (Å²) in [4.78, 5) is 25.5. The summed E-state index contributed by atoms with van der Waals surface area (Å²) in [6.07, 6.45) is 0. The Morgan fingerprint density at radius 3 is 2.05 bits per heavy atom. The summed E-state index contributed by atoms with van der Waals surface area (Å²) in [6, 6.07) is 13.6. The molecule has 0 N–H and O–H groups in total. The van der Waals surface area contributed by atoms with Crippen molar-refractivity contribution in [3.63, 3.8) is 0 Å². The molecule has 0 spiro atoms. The molecule has 0 aliphatic carbocycles. The molecule has 106 valence electrons. The van der Waals surface area contributed by atoms with Gasteiger partial charge in [-0.1, -0.05) is 36.2 Å². The SMILES string of the molecule is C=C(C#Cc1ccc(Cl)cc1)N1C(=O)c2ccccc2C1=O. The van der Waals surface area contributed by atoms with Crippen molar-refractivity contribution < 1.29 is 9.59 Å². The summed E-state index contributed by atoms with van der Waals surface area (Å²) in [7, 11) is 0. The number of imide groups is 1. The lowest BCUT2D eigenvalue weighted by molar-refractivity contribution is 0.0712. The van der Waals surface area contributed by atoms with Crippen LogP contribution in [0.3, 0.4) is 0 Å². The van der Waals surface area contributed by atoms with Gasteiger partial charge in [-0.25, -0.2) is 4.90 Å². The minimum Gasteiger partial charge on any atom is -0.268 e. The maximum Gasteiger partial charge on any atom is 0.266 e. The second kappa shape index (κ2) is 5.51. The summed E-state index contributed by atoms with van der Waals surface area (Å²) >= 11 is 5.80. The molecule has 0 atom stereocenters. The van der Waals surface area contributed by atoms with E-state index in [4.69, 9.17) is 11.6 Å². The Hall–Kier alpha value is -2.83. The van der Waals surface area contributed by atoms with E-state index < -0.39 is 11.8 Å². The molecule has 0 saturated carbocycles. The normalized spacial score (nSPS) is 12.7. The van der Waals surface area contributed by atoms with Gasteiger partial charge in [0.05, 0.1) is 16.8 Å². The maximum absolute atomic E-state index is 12.3. The van der Waals surface area contributed by atoms with E-state index in [9.17, 15) is 9.59 Å². The lowest BCUT2D eigenvalue weighted by atomic mass is 10.1. The summed E-state index contributed by atoms with van der Waals surface area (Å²) in [5.41, 5.74) is 1.63. The van der Waals surface area contributed by atoms with Crippen LogP contribution in [0.4, 0.5) is 0 Å². The van der Waals surface area contributed by atoms with Crippen LogP contribution >= 0.6 is 11.6 Å². The lowest BCUT2D eigenvalue weighted by Crippen LogP contribution is -2.27. The molecule has 0 aromatic heterocycles. The topological polar surface area (TPSA) is 37.4 Å². The first-order valence-electron chi connectivity index (χ1n) is 6.52. The maximum atomic E-state index is 12.3. The average molecular weight is 308 g/mol. The van der Waals surface area contributed by atoms with E-state index in [1.54, 1.807) is 48.5 Å². The second-order valence-electron chi connectivity index (χ2n) is 4.69. The standard InChI is InChI=1S/C18H10ClNO2/c1-12(6-7-13-8-10-14(19)11-9-13)20-17(21)15-4-2-3-5-16(15)18(20)22/h2-5,8-11H,1H2. The summed E-state index contributed by atoms with van der Waals surface area (Å²) < 4.78 is 0. The number of carbonyl (C=O) groups is 2. The van der Waals surface area contributed by atoms with Crippen LogP contribution in [0.5, 0.6) is 0 Å². The van der Waals surface area contributed by atoms with Crippen LogP contribution in [0.25, 0.3) is 0 Å². The van der Waals surface area contributed by atoms with E-state index in [1.807, 2.05) is 0 Å². The molecule has 0 saturated heterocycles. The number of nitrogens with zero attached hydrogens (tertiary/aromatic N) is 1. The van der Waals surface area contributed by atoms with Gasteiger partial charge in [0.1, 0.15) is 0 Å². The van der Waals surface area contributed by atoms with E-state index in [-0.39, 0.29) is 5.70 Å². The zero-order chi connectivity index (χ0) is 15.7. The number of halogens is 1. The number of benzene rings is 2. The fourth-order valence-electron chi connectivity index (χ4n) is 2.17. The van der Waals surface area contributed by atoms with Crippen LogP contribution < -0.4 is 0 Å². The molecule has 1 aliphatic rings. The highest BCUT2D eigenvalue weighted by atomic mass is 35.5. The predicted octanol–water partition coefficient (Wildman–Crippen LogP) is 3.50. The number of hydrogen-bond donors (Lipinski definition) is 0.